The third-order valence-electron chi connectivity index (χ3n) is 9.09. The molecular weight excluding hydrogens is 464 g/mol. The van der Waals surface area contributed by atoms with Crippen LogP contribution in [0.3, 0.4) is 0 Å². The van der Waals surface area contributed by atoms with Crippen LogP contribution in [0.5, 0.6) is 0 Å². The third-order valence-corrected chi connectivity index (χ3v) is 9.09. The second-order valence-corrected chi connectivity index (χ2v) is 12.1. The van der Waals surface area contributed by atoms with Gasteiger partial charge in [0.2, 0.25) is 0 Å². The Kier molecular flexibility index (Phi) is 6.79. The molecule has 3 aliphatic heterocycles. The maximum Gasteiger partial charge on any atom is 0.410 e. The van der Waals surface area contributed by atoms with Crippen LogP contribution in [0.15, 0.2) is 11.6 Å². The van der Waals surface area contributed by atoms with Gasteiger partial charge in [-0.3, -0.25) is 0 Å². The van der Waals surface area contributed by atoms with Gasteiger partial charge in [0, 0.05) is 34.3 Å². The highest BCUT2D eigenvalue weighted by molar-refractivity contribution is 5.68. The smallest absolute Gasteiger partial charge is 0.410 e. The molecule has 9 atom stereocenters. The van der Waals surface area contributed by atoms with Gasteiger partial charge in [0.15, 0.2) is 0 Å². The average Bonchev–Trinajstić information content (AvgIpc) is 3.62. The molecule has 0 radical (unpaired) electrons. The number of epoxide rings is 2. The summed E-state index contributed by atoms with van der Waals surface area (Å²) in [6, 6.07) is 0. The van der Waals surface area contributed by atoms with Crippen molar-refractivity contribution in [2.45, 2.75) is 88.5 Å². The first-order chi connectivity index (χ1) is 17.1. The summed E-state index contributed by atoms with van der Waals surface area (Å²) >= 11 is 0. The normalized spacial score (nSPS) is 42.6. The largest absolute Gasteiger partial charge is 0.446 e. The summed E-state index contributed by atoms with van der Waals surface area (Å²) in [5, 5.41) is 0. The van der Waals surface area contributed by atoms with E-state index in [-0.39, 0.29) is 53.7 Å². The molecule has 5 aliphatic rings. The molecule has 202 valence electrons. The van der Waals surface area contributed by atoms with Gasteiger partial charge in [-0.1, -0.05) is 11.6 Å². The minimum absolute atomic E-state index is 0.0159. The molecule has 3 heterocycles. The van der Waals surface area contributed by atoms with Crippen molar-refractivity contribution in [3.05, 3.63) is 11.6 Å². The van der Waals surface area contributed by atoms with Gasteiger partial charge < -0.3 is 33.5 Å². The molecule has 9 nitrogen and oxygen atoms in total. The van der Waals surface area contributed by atoms with E-state index in [1.165, 1.54) is 10.5 Å². The van der Waals surface area contributed by atoms with Gasteiger partial charge in [-0.15, -0.1) is 0 Å². The third kappa shape index (κ3) is 4.74. The summed E-state index contributed by atoms with van der Waals surface area (Å²) in [6.45, 7) is 8.35. The lowest BCUT2D eigenvalue weighted by Gasteiger charge is -2.43. The zero-order valence-corrected chi connectivity index (χ0v) is 22.5. The van der Waals surface area contributed by atoms with E-state index in [1.807, 2.05) is 4.90 Å². The highest BCUT2D eigenvalue weighted by Crippen LogP contribution is 2.59. The Labute approximate surface area is 214 Å². The summed E-state index contributed by atoms with van der Waals surface area (Å²) in [4.78, 5) is 28.4. The van der Waals surface area contributed by atoms with E-state index in [2.05, 4.69) is 26.8 Å². The van der Waals surface area contributed by atoms with E-state index in [9.17, 15) is 9.59 Å². The van der Waals surface area contributed by atoms with Crippen molar-refractivity contribution in [2.24, 2.45) is 17.8 Å². The first-order valence-electron chi connectivity index (χ1n) is 13.4. The van der Waals surface area contributed by atoms with Gasteiger partial charge in [-0.2, -0.15) is 0 Å². The molecule has 5 rings (SSSR count). The molecule has 0 unspecified atom stereocenters. The number of ether oxygens (including phenoxy) is 5. The van der Waals surface area contributed by atoms with Crippen LogP contribution < -0.4 is 0 Å². The van der Waals surface area contributed by atoms with Gasteiger partial charge in [0.05, 0.1) is 18.6 Å². The van der Waals surface area contributed by atoms with E-state index in [0.29, 0.717) is 31.5 Å². The molecule has 0 aromatic heterocycles. The van der Waals surface area contributed by atoms with E-state index in [0.717, 1.165) is 32.1 Å². The van der Waals surface area contributed by atoms with E-state index >= 15 is 0 Å². The van der Waals surface area contributed by atoms with Crippen LogP contribution in [-0.2, 0) is 23.7 Å². The number of hydrogen-bond acceptors (Lipinski definition) is 7. The number of methoxy groups -OCH3 is 1. The molecule has 36 heavy (non-hydrogen) atoms. The fourth-order valence-electron chi connectivity index (χ4n) is 7.01. The number of rotatable bonds is 6. The number of amides is 2. The summed E-state index contributed by atoms with van der Waals surface area (Å²) in [7, 11) is 5.08. The van der Waals surface area contributed by atoms with Gasteiger partial charge in [0.1, 0.15) is 29.5 Å². The van der Waals surface area contributed by atoms with Crippen molar-refractivity contribution in [3.8, 4) is 0 Å². The quantitative estimate of drug-likeness (QED) is 0.401. The average molecular weight is 507 g/mol. The Balaban J connectivity index is 1.19. The Bertz CT molecular complexity index is 885. The Morgan fingerprint density at radius 3 is 2.36 bits per heavy atom. The lowest BCUT2D eigenvalue weighted by Crippen LogP contribution is -2.56. The van der Waals surface area contributed by atoms with Crippen molar-refractivity contribution in [1.29, 1.82) is 0 Å². The van der Waals surface area contributed by atoms with Crippen molar-refractivity contribution < 1.29 is 33.3 Å². The van der Waals surface area contributed by atoms with Gasteiger partial charge in [-0.05, 0) is 64.7 Å². The zero-order chi connectivity index (χ0) is 25.8. The maximum atomic E-state index is 13.2. The molecule has 2 aliphatic carbocycles. The van der Waals surface area contributed by atoms with Crippen molar-refractivity contribution in [3.63, 3.8) is 0 Å². The lowest BCUT2D eigenvalue weighted by molar-refractivity contribution is -0.121. The molecule has 9 heteroatoms. The first kappa shape index (κ1) is 25.8. The Morgan fingerprint density at radius 1 is 1.14 bits per heavy atom. The number of carbonyl (C=O) groups excluding carboxylic acids is 2. The minimum atomic E-state index is -0.349. The monoisotopic (exact) mass is 506 g/mol. The minimum Gasteiger partial charge on any atom is -0.446 e. The number of fused-ring (bicyclic) bond motifs is 1. The van der Waals surface area contributed by atoms with E-state index in [4.69, 9.17) is 23.7 Å². The highest BCUT2D eigenvalue weighted by atomic mass is 16.6. The fourth-order valence-corrected chi connectivity index (χ4v) is 7.01. The second-order valence-electron chi connectivity index (χ2n) is 12.1. The molecule has 2 amide bonds. The van der Waals surface area contributed by atoms with Crippen LogP contribution in [-0.4, -0.2) is 98.5 Å². The molecule has 3 saturated heterocycles. The van der Waals surface area contributed by atoms with Crippen LogP contribution in [0, 0.1) is 17.8 Å². The van der Waals surface area contributed by atoms with Crippen molar-refractivity contribution in [2.75, 3.05) is 40.9 Å². The fraction of sp³-hybridized carbons (Fsp3) is 0.852. The number of nitrogens with zero attached hydrogens (tertiary/aromatic N) is 2. The number of allylic oxidation sites excluding steroid dienone is 1. The van der Waals surface area contributed by atoms with Crippen molar-refractivity contribution >= 4 is 12.2 Å². The van der Waals surface area contributed by atoms with Crippen LogP contribution >= 0.6 is 0 Å². The molecule has 5 fully saturated rings. The molecule has 0 N–H and O–H groups in total. The van der Waals surface area contributed by atoms with Crippen LogP contribution in [0.2, 0.25) is 0 Å². The van der Waals surface area contributed by atoms with Crippen LogP contribution in [0.1, 0.15) is 52.9 Å². The molecule has 1 spiro atoms. The standard InChI is InChI=1S/C27H42N2O7/c1-16(2)7-8-21-26(3,36-21)23-22(32-6)20(9-10-27(23)15-33-27)35-25(31)29-13-17-11-19(12-18(17)14-29)34-24(30)28(4)5/h7,17-23H,8-15H2,1-6H3/t17-,18+,19+,20-,21-,22-,23-,26+,27+/m1/s1. The first-order valence-corrected chi connectivity index (χ1v) is 13.4. The van der Waals surface area contributed by atoms with E-state index < -0.39 is 0 Å². The van der Waals surface area contributed by atoms with Crippen molar-refractivity contribution in [1.82, 2.24) is 9.80 Å². The SMILES string of the molecule is CO[C@@H]1[C@H](OC(=O)N2C[C@H]3C[C@H](OC(=O)N(C)C)C[C@H]3C2)CC[C@]2(CO2)[C@H]1[C@@]1(C)O[C@@H]1CC=C(C)C. The zero-order valence-electron chi connectivity index (χ0n) is 22.5. The number of hydrogen-bond donors (Lipinski definition) is 0. The van der Waals surface area contributed by atoms with Crippen LogP contribution in [0.25, 0.3) is 0 Å². The molecule has 0 bridgehead atoms. The maximum absolute atomic E-state index is 13.2. The summed E-state index contributed by atoms with van der Waals surface area (Å²) < 4.78 is 30.0. The molecule has 2 saturated carbocycles. The van der Waals surface area contributed by atoms with Gasteiger partial charge >= 0.3 is 12.2 Å². The van der Waals surface area contributed by atoms with Crippen LogP contribution in [0.4, 0.5) is 9.59 Å². The number of carbonyl (C=O) groups is 2. The summed E-state index contributed by atoms with van der Waals surface area (Å²) in [5.74, 6) is 0.697. The van der Waals surface area contributed by atoms with Gasteiger partial charge in [0.25, 0.3) is 0 Å². The predicted molar refractivity (Wildman–Crippen MR) is 132 cm³/mol. The molecule has 0 aromatic rings. The highest BCUT2D eigenvalue weighted by Gasteiger charge is 2.72. The molecule has 0 aromatic carbocycles. The summed E-state index contributed by atoms with van der Waals surface area (Å²) in [5.41, 5.74) is 0.695. The lowest BCUT2D eigenvalue weighted by atomic mass is 9.68. The van der Waals surface area contributed by atoms with Gasteiger partial charge in [-0.25, -0.2) is 9.59 Å². The summed E-state index contributed by atoms with van der Waals surface area (Å²) in [6.07, 6.45) is 5.11. The Hall–Kier alpha value is -1.84. The Morgan fingerprint density at radius 2 is 1.81 bits per heavy atom. The second kappa shape index (κ2) is 9.48. The number of likely N-dealkylation sites (tertiary alicyclic amines) is 1. The predicted octanol–water partition coefficient (Wildman–Crippen LogP) is 3.61. The van der Waals surface area contributed by atoms with E-state index in [1.54, 1.807) is 21.2 Å². The topological polar surface area (TPSA) is 93.4 Å². The molecular formula is C27H42N2O7.